The van der Waals surface area contributed by atoms with Crippen molar-refractivity contribution in [3.8, 4) is 5.75 Å². The zero-order chi connectivity index (χ0) is 13.9. The maximum Gasteiger partial charge on any atom is 0.323 e. The van der Waals surface area contributed by atoms with Gasteiger partial charge in [-0.2, -0.15) is 0 Å². The van der Waals surface area contributed by atoms with Crippen molar-refractivity contribution in [2.45, 2.75) is 32.9 Å². The summed E-state index contributed by atoms with van der Waals surface area (Å²) in [5.41, 5.74) is -0.0759. The summed E-state index contributed by atoms with van der Waals surface area (Å²) in [5.74, 6) is -0.838. The number of carbonyl (C=O) groups is 1. The van der Waals surface area contributed by atoms with E-state index < -0.39 is 11.5 Å². The number of hydrogen-bond donors (Lipinski definition) is 2. The first-order chi connectivity index (χ1) is 8.28. The van der Waals surface area contributed by atoms with Gasteiger partial charge in [-0.1, -0.05) is 24.6 Å². The Morgan fingerprint density at radius 1 is 1.44 bits per heavy atom. The maximum absolute atomic E-state index is 11.2. The Bertz CT molecular complexity index is 446. The van der Waals surface area contributed by atoms with Crippen LogP contribution in [0.25, 0.3) is 0 Å². The Kier molecular flexibility index (Phi) is 4.59. The van der Waals surface area contributed by atoms with Crippen LogP contribution in [-0.2, 0) is 11.3 Å². The SMILES string of the molecule is CCN(Cc1ccc(O)c(Cl)c1)C(C)(C)C(=O)O. The first kappa shape index (κ1) is 14.8. The lowest BCUT2D eigenvalue weighted by atomic mass is 10.0. The summed E-state index contributed by atoms with van der Waals surface area (Å²) in [6, 6.07) is 4.90. The molecule has 1 aromatic carbocycles. The first-order valence-electron chi connectivity index (χ1n) is 5.75. The number of aromatic hydroxyl groups is 1. The van der Waals surface area contributed by atoms with E-state index in [1.165, 1.54) is 6.07 Å². The number of carboxylic acid groups (broad SMARTS) is 1. The molecule has 0 radical (unpaired) electrons. The average molecular weight is 272 g/mol. The molecule has 0 spiro atoms. The van der Waals surface area contributed by atoms with Crippen LogP contribution in [-0.4, -0.2) is 33.2 Å². The highest BCUT2D eigenvalue weighted by Crippen LogP contribution is 2.25. The van der Waals surface area contributed by atoms with Crippen molar-refractivity contribution >= 4 is 17.6 Å². The largest absolute Gasteiger partial charge is 0.506 e. The number of nitrogens with zero attached hydrogens (tertiary/aromatic N) is 1. The number of rotatable bonds is 5. The highest BCUT2D eigenvalue weighted by Gasteiger charge is 2.33. The molecule has 1 aromatic rings. The molecule has 0 aliphatic rings. The minimum atomic E-state index is -0.945. The fourth-order valence-corrected chi connectivity index (χ4v) is 1.91. The van der Waals surface area contributed by atoms with Gasteiger partial charge in [0, 0.05) is 6.54 Å². The van der Waals surface area contributed by atoms with Crippen LogP contribution in [0.2, 0.25) is 5.02 Å². The third kappa shape index (κ3) is 3.15. The molecule has 0 unspecified atom stereocenters. The maximum atomic E-state index is 11.2. The first-order valence-corrected chi connectivity index (χ1v) is 6.12. The van der Waals surface area contributed by atoms with Gasteiger partial charge in [0.2, 0.25) is 0 Å². The molecule has 18 heavy (non-hydrogen) atoms. The van der Waals surface area contributed by atoms with E-state index in [0.717, 1.165) is 5.56 Å². The van der Waals surface area contributed by atoms with Crippen LogP contribution in [0.5, 0.6) is 5.75 Å². The zero-order valence-electron chi connectivity index (χ0n) is 10.8. The van der Waals surface area contributed by atoms with Gasteiger partial charge in [-0.15, -0.1) is 0 Å². The summed E-state index contributed by atoms with van der Waals surface area (Å²) in [5, 5.41) is 18.8. The number of likely N-dealkylation sites (N-methyl/N-ethyl adjacent to an activating group) is 1. The molecule has 1 rings (SSSR count). The van der Waals surface area contributed by atoms with E-state index >= 15 is 0 Å². The lowest BCUT2D eigenvalue weighted by Crippen LogP contribution is -2.49. The van der Waals surface area contributed by atoms with Crippen molar-refractivity contribution in [3.63, 3.8) is 0 Å². The molecule has 4 nitrogen and oxygen atoms in total. The minimum absolute atomic E-state index is 0.0287. The second-order valence-corrected chi connectivity index (χ2v) is 5.07. The quantitative estimate of drug-likeness (QED) is 0.864. The van der Waals surface area contributed by atoms with Gasteiger partial charge in [-0.25, -0.2) is 0 Å². The van der Waals surface area contributed by atoms with Crippen molar-refractivity contribution in [1.82, 2.24) is 4.90 Å². The molecule has 0 saturated carbocycles. The van der Waals surface area contributed by atoms with Crippen molar-refractivity contribution in [3.05, 3.63) is 28.8 Å². The Balaban J connectivity index is 2.93. The number of halogens is 1. The Morgan fingerprint density at radius 3 is 2.50 bits per heavy atom. The van der Waals surface area contributed by atoms with E-state index in [9.17, 15) is 15.0 Å². The molecule has 0 fully saturated rings. The molecule has 0 saturated heterocycles. The number of carboxylic acids is 1. The molecule has 2 N–H and O–H groups in total. The second kappa shape index (κ2) is 5.59. The van der Waals surface area contributed by atoms with E-state index in [-0.39, 0.29) is 10.8 Å². The molecule has 0 amide bonds. The van der Waals surface area contributed by atoms with Crippen molar-refractivity contribution in [1.29, 1.82) is 0 Å². The van der Waals surface area contributed by atoms with Crippen molar-refractivity contribution < 1.29 is 15.0 Å². The van der Waals surface area contributed by atoms with E-state index in [1.54, 1.807) is 26.0 Å². The lowest BCUT2D eigenvalue weighted by Gasteiger charge is -2.34. The molecule has 0 heterocycles. The molecule has 0 aromatic heterocycles. The lowest BCUT2D eigenvalue weighted by molar-refractivity contribution is -0.149. The summed E-state index contributed by atoms with van der Waals surface area (Å²) < 4.78 is 0. The molecular formula is C13H18ClNO3. The summed E-state index contributed by atoms with van der Waals surface area (Å²) in [6.07, 6.45) is 0. The number of benzene rings is 1. The molecule has 5 heteroatoms. The summed E-state index contributed by atoms with van der Waals surface area (Å²) in [4.78, 5) is 13.1. The Labute approximate surface area is 112 Å². The fourth-order valence-electron chi connectivity index (χ4n) is 1.71. The van der Waals surface area contributed by atoms with Gasteiger partial charge >= 0.3 is 5.97 Å². The average Bonchev–Trinajstić information content (AvgIpc) is 2.30. The van der Waals surface area contributed by atoms with Gasteiger partial charge in [0.15, 0.2) is 0 Å². The van der Waals surface area contributed by atoms with Gasteiger partial charge in [0.25, 0.3) is 0 Å². The third-order valence-electron chi connectivity index (χ3n) is 3.08. The predicted molar refractivity (Wildman–Crippen MR) is 70.9 cm³/mol. The van der Waals surface area contributed by atoms with Crippen LogP contribution in [0.4, 0.5) is 0 Å². The zero-order valence-corrected chi connectivity index (χ0v) is 11.5. The van der Waals surface area contributed by atoms with E-state index in [4.69, 9.17) is 11.6 Å². The van der Waals surface area contributed by atoms with Crippen LogP contribution in [0.3, 0.4) is 0 Å². The monoisotopic (exact) mass is 271 g/mol. The highest BCUT2D eigenvalue weighted by molar-refractivity contribution is 6.32. The topological polar surface area (TPSA) is 60.8 Å². The Morgan fingerprint density at radius 2 is 2.06 bits per heavy atom. The van der Waals surface area contributed by atoms with Crippen LogP contribution >= 0.6 is 11.6 Å². The minimum Gasteiger partial charge on any atom is -0.506 e. The highest BCUT2D eigenvalue weighted by atomic mass is 35.5. The molecular weight excluding hydrogens is 254 g/mol. The molecule has 0 atom stereocenters. The molecule has 0 aliphatic carbocycles. The number of hydrogen-bond acceptors (Lipinski definition) is 3. The van der Waals surface area contributed by atoms with Gasteiger partial charge in [-0.3, -0.25) is 9.69 Å². The molecule has 100 valence electrons. The normalized spacial score (nSPS) is 11.8. The molecule has 0 aliphatic heterocycles. The van der Waals surface area contributed by atoms with Crippen LogP contribution < -0.4 is 0 Å². The second-order valence-electron chi connectivity index (χ2n) is 4.66. The smallest absolute Gasteiger partial charge is 0.323 e. The van der Waals surface area contributed by atoms with Gasteiger partial charge < -0.3 is 10.2 Å². The van der Waals surface area contributed by atoms with Gasteiger partial charge in [0.05, 0.1) is 5.02 Å². The standard InChI is InChI=1S/C13H18ClNO3/c1-4-15(13(2,3)12(17)18)8-9-5-6-11(16)10(14)7-9/h5-7,16H,4,8H2,1-3H3,(H,17,18). The van der Waals surface area contributed by atoms with Gasteiger partial charge in [-0.05, 0) is 38.1 Å². The van der Waals surface area contributed by atoms with Crippen LogP contribution in [0, 0.1) is 0 Å². The number of aliphatic carboxylic acids is 1. The van der Waals surface area contributed by atoms with Gasteiger partial charge in [0.1, 0.15) is 11.3 Å². The molecule has 0 bridgehead atoms. The Hall–Kier alpha value is -1.26. The van der Waals surface area contributed by atoms with Crippen LogP contribution in [0.1, 0.15) is 26.3 Å². The third-order valence-corrected chi connectivity index (χ3v) is 3.38. The summed E-state index contributed by atoms with van der Waals surface area (Å²) in [7, 11) is 0. The van der Waals surface area contributed by atoms with E-state index in [2.05, 4.69) is 0 Å². The fraction of sp³-hybridized carbons (Fsp3) is 0.462. The van der Waals surface area contributed by atoms with Crippen LogP contribution in [0.15, 0.2) is 18.2 Å². The number of phenolic OH excluding ortho intramolecular Hbond substituents is 1. The summed E-state index contributed by atoms with van der Waals surface area (Å²) >= 11 is 5.83. The predicted octanol–water partition coefficient (Wildman–Crippen LogP) is 2.73. The van der Waals surface area contributed by atoms with E-state index in [0.29, 0.717) is 13.1 Å². The van der Waals surface area contributed by atoms with Crippen molar-refractivity contribution in [2.24, 2.45) is 0 Å². The van der Waals surface area contributed by atoms with E-state index in [1.807, 2.05) is 11.8 Å². The van der Waals surface area contributed by atoms with Crippen molar-refractivity contribution in [2.75, 3.05) is 6.54 Å². The summed E-state index contributed by atoms with van der Waals surface area (Å²) in [6.45, 7) is 6.32. The number of phenols is 1.